The second kappa shape index (κ2) is 3.55. The molecule has 0 aromatic heterocycles. The number of phenols is 1. The van der Waals surface area contributed by atoms with E-state index in [1.165, 1.54) is 0 Å². The zero-order chi connectivity index (χ0) is 5.98. The first-order chi connectivity index (χ1) is 3.80. The maximum absolute atomic E-state index is 8.92. The van der Waals surface area contributed by atoms with Gasteiger partial charge in [0, 0.05) is 0 Å². The summed E-state index contributed by atoms with van der Waals surface area (Å²) in [6.07, 6.45) is 0. The molecule has 2 heteroatoms. The van der Waals surface area contributed by atoms with Crippen molar-refractivity contribution in [2.24, 2.45) is 0 Å². The third-order valence-corrected chi connectivity index (χ3v) is 1.12. The summed E-state index contributed by atoms with van der Waals surface area (Å²) >= 11 is 0. The molecule has 1 aromatic carbocycles. The maximum atomic E-state index is 8.92. The second-order valence-electron chi connectivity index (χ2n) is 1.79. The van der Waals surface area contributed by atoms with Gasteiger partial charge in [0.05, 0.1) is 0 Å². The molecular formula is C7H11AlO. The molecule has 0 amide bonds. The van der Waals surface area contributed by atoms with Crippen LogP contribution in [0.1, 0.15) is 5.56 Å². The zero-order valence-electron chi connectivity index (χ0n) is 4.76. The molecule has 1 rings (SSSR count). The Morgan fingerprint density at radius 2 is 1.78 bits per heavy atom. The molecule has 9 heavy (non-hydrogen) atoms. The molecule has 0 radical (unpaired) electrons. The van der Waals surface area contributed by atoms with Gasteiger partial charge in [-0.1, -0.05) is 18.2 Å². The summed E-state index contributed by atoms with van der Waals surface area (Å²) < 4.78 is 0. The summed E-state index contributed by atoms with van der Waals surface area (Å²) in [4.78, 5) is 0. The lowest BCUT2D eigenvalue weighted by Gasteiger charge is -1.92. The van der Waals surface area contributed by atoms with Gasteiger partial charge in [0.15, 0.2) is 17.4 Å². The number of benzene rings is 1. The molecule has 0 aliphatic rings. The first-order valence-electron chi connectivity index (χ1n) is 2.55. The molecular weight excluding hydrogens is 127 g/mol. The van der Waals surface area contributed by atoms with Crippen LogP contribution in [-0.4, -0.2) is 22.5 Å². The molecule has 0 saturated carbocycles. The Morgan fingerprint density at radius 1 is 1.22 bits per heavy atom. The van der Waals surface area contributed by atoms with Gasteiger partial charge in [-0.15, -0.1) is 0 Å². The Labute approximate surface area is 65.5 Å². The summed E-state index contributed by atoms with van der Waals surface area (Å²) in [5, 5.41) is 8.92. The van der Waals surface area contributed by atoms with Crippen molar-refractivity contribution in [1.82, 2.24) is 0 Å². The summed E-state index contributed by atoms with van der Waals surface area (Å²) in [5.74, 6) is 0.368. The minimum absolute atomic E-state index is 0. The molecule has 1 nitrogen and oxygen atoms in total. The van der Waals surface area contributed by atoms with Crippen LogP contribution in [0, 0.1) is 6.92 Å². The lowest BCUT2D eigenvalue weighted by atomic mass is 10.2. The number of rotatable bonds is 0. The molecule has 0 saturated heterocycles. The van der Waals surface area contributed by atoms with Gasteiger partial charge in [-0.2, -0.15) is 0 Å². The highest BCUT2D eigenvalue weighted by Gasteiger charge is 1.86. The molecule has 1 N–H and O–H groups in total. The highest BCUT2D eigenvalue weighted by Crippen LogP contribution is 2.12. The summed E-state index contributed by atoms with van der Waals surface area (Å²) in [6, 6.07) is 7.25. The van der Waals surface area contributed by atoms with Crippen LogP contribution < -0.4 is 0 Å². The fourth-order valence-corrected chi connectivity index (χ4v) is 0.563. The van der Waals surface area contributed by atoms with Crippen molar-refractivity contribution in [2.75, 3.05) is 0 Å². The first-order valence-corrected chi connectivity index (χ1v) is 2.55. The molecule has 0 spiro atoms. The Kier molecular flexibility index (Phi) is 3.38. The van der Waals surface area contributed by atoms with Gasteiger partial charge in [-0.05, 0) is 18.6 Å². The predicted molar refractivity (Wildman–Crippen MR) is 42.8 cm³/mol. The number of aryl methyl sites for hydroxylation is 1. The summed E-state index contributed by atoms with van der Waals surface area (Å²) in [5.41, 5.74) is 0.924. The van der Waals surface area contributed by atoms with Gasteiger partial charge < -0.3 is 5.11 Å². The van der Waals surface area contributed by atoms with Crippen molar-refractivity contribution < 1.29 is 5.11 Å². The van der Waals surface area contributed by atoms with E-state index < -0.39 is 0 Å². The Bertz CT molecular complexity index is 165. The minimum Gasteiger partial charge on any atom is -0.508 e. The topological polar surface area (TPSA) is 20.2 Å². The fraction of sp³-hybridized carbons (Fsp3) is 0.143. The van der Waals surface area contributed by atoms with Crippen molar-refractivity contribution in [1.29, 1.82) is 0 Å². The van der Waals surface area contributed by atoms with E-state index in [1.807, 2.05) is 25.1 Å². The lowest BCUT2D eigenvalue weighted by molar-refractivity contribution is 0.471. The second-order valence-corrected chi connectivity index (χ2v) is 1.79. The van der Waals surface area contributed by atoms with Crippen LogP contribution in [0.25, 0.3) is 0 Å². The van der Waals surface area contributed by atoms with Gasteiger partial charge in [0.1, 0.15) is 5.75 Å². The standard InChI is InChI=1S/C7H8O.Al.3H/c1-6-4-2-3-5-7(6)8;;;;/h2-5,8H,1H3;;;;. The Morgan fingerprint density at radius 3 is 2.11 bits per heavy atom. The van der Waals surface area contributed by atoms with Crippen molar-refractivity contribution in [3.8, 4) is 5.75 Å². The number of aromatic hydroxyl groups is 1. The highest BCUT2D eigenvalue weighted by atomic mass is 27.0. The fourth-order valence-electron chi connectivity index (χ4n) is 0.563. The third kappa shape index (κ3) is 2.09. The quantitative estimate of drug-likeness (QED) is 0.518. The van der Waals surface area contributed by atoms with Crippen LogP contribution in [0.15, 0.2) is 24.3 Å². The minimum atomic E-state index is 0. The van der Waals surface area contributed by atoms with E-state index in [0.29, 0.717) is 5.75 Å². The van der Waals surface area contributed by atoms with Crippen LogP contribution >= 0.6 is 0 Å². The maximum Gasteiger partial charge on any atom is 0.187 e. The van der Waals surface area contributed by atoms with Crippen molar-refractivity contribution in [2.45, 2.75) is 6.92 Å². The Balaban J connectivity index is 0.000000640. The first kappa shape index (κ1) is 8.55. The number of hydrogen-bond donors (Lipinski definition) is 1. The average Bonchev–Trinajstić information content (AvgIpc) is 1.77. The van der Waals surface area contributed by atoms with E-state index >= 15 is 0 Å². The molecule has 0 atom stereocenters. The molecule has 0 unspecified atom stereocenters. The SMILES string of the molecule is Cc1ccccc1O.[AlH3]. The summed E-state index contributed by atoms with van der Waals surface area (Å²) in [6.45, 7) is 1.87. The van der Waals surface area contributed by atoms with Crippen molar-refractivity contribution in [3.63, 3.8) is 0 Å². The van der Waals surface area contributed by atoms with Crippen molar-refractivity contribution in [3.05, 3.63) is 29.8 Å². The third-order valence-electron chi connectivity index (χ3n) is 1.12. The Hall–Kier alpha value is -0.448. The van der Waals surface area contributed by atoms with Gasteiger partial charge in [0.25, 0.3) is 0 Å². The number of para-hydroxylation sites is 1. The van der Waals surface area contributed by atoms with Gasteiger partial charge in [-0.3, -0.25) is 0 Å². The van der Waals surface area contributed by atoms with E-state index in [9.17, 15) is 0 Å². The average molecular weight is 138 g/mol. The van der Waals surface area contributed by atoms with Crippen molar-refractivity contribution >= 4 is 17.4 Å². The van der Waals surface area contributed by atoms with Crippen LogP contribution in [0.2, 0.25) is 0 Å². The molecule has 0 bridgehead atoms. The van der Waals surface area contributed by atoms with Gasteiger partial charge in [-0.25, -0.2) is 0 Å². The lowest BCUT2D eigenvalue weighted by Crippen LogP contribution is -1.68. The molecule has 0 aliphatic carbocycles. The molecule has 1 aromatic rings. The van der Waals surface area contributed by atoms with E-state index in [2.05, 4.69) is 0 Å². The smallest absolute Gasteiger partial charge is 0.187 e. The molecule has 0 aliphatic heterocycles. The molecule has 48 valence electrons. The normalized spacial score (nSPS) is 8.11. The van der Waals surface area contributed by atoms with Crippen LogP contribution in [0.4, 0.5) is 0 Å². The highest BCUT2D eigenvalue weighted by molar-refractivity contribution is 5.75. The van der Waals surface area contributed by atoms with Gasteiger partial charge >= 0.3 is 0 Å². The molecule has 0 fully saturated rings. The summed E-state index contributed by atoms with van der Waals surface area (Å²) in [7, 11) is 0. The van der Waals surface area contributed by atoms with Gasteiger partial charge in [0.2, 0.25) is 0 Å². The zero-order valence-corrected chi connectivity index (χ0v) is 4.76. The van der Waals surface area contributed by atoms with Crippen LogP contribution in [-0.2, 0) is 0 Å². The monoisotopic (exact) mass is 138 g/mol. The van der Waals surface area contributed by atoms with Crippen LogP contribution in [0.5, 0.6) is 5.75 Å². The number of hydrogen-bond acceptors (Lipinski definition) is 1. The van der Waals surface area contributed by atoms with E-state index in [0.717, 1.165) is 5.56 Å². The van der Waals surface area contributed by atoms with E-state index in [-0.39, 0.29) is 17.4 Å². The molecule has 0 heterocycles. The van der Waals surface area contributed by atoms with E-state index in [4.69, 9.17) is 5.11 Å². The van der Waals surface area contributed by atoms with Crippen LogP contribution in [0.3, 0.4) is 0 Å². The predicted octanol–water partition coefficient (Wildman–Crippen LogP) is 0.517. The number of phenolic OH excluding ortho intramolecular Hbond substituents is 1. The largest absolute Gasteiger partial charge is 0.508 e. The van der Waals surface area contributed by atoms with E-state index in [1.54, 1.807) is 6.07 Å².